The Hall–Kier alpha value is -4.74. The summed E-state index contributed by atoms with van der Waals surface area (Å²) in [5, 5.41) is 15.0. The molecule has 3 N–H and O–H groups in total. The second kappa shape index (κ2) is 11.5. The molecule has 8 rings (SSSR count). The first-order valence-electron chi connectivity index (χ1n) is 17.0. The van der Waals surface area contributed by atoms with Crippen LogP contribution in [0.5, 0.6) is 0 Å². The summed E-state index contributed by atoms with van der Waals surface area (Å²) >= 11 is 0. The van der Waals surface area contributed by atoms with Crippen LogP contribution in [0, 0.1) is 34.5 Å². The molecule has 1 aliphatic carbocycles. The van der Waals surface area contributed by atoms with Crippen molar-refractivity contribution in [1.29, 1.82) is 5.26 Å². The van der Waals surface area contributed by atoms with E-state index >= 15 is 0 Å². The van der Waals surface area contributed by atoms with Crippen molar-refractivity contribution in [3.05, 3.63) is 84.7 Å². The summed E-state index contributed by atoms with van der Waals surface area (Å²) in [7, 11) is 0. The van der Waals surface area contributed by atoms with Gasteiger partial charge in [-0.15, -0.1) is 0 Å². The Morgan fingerprint density at radius 3 is 2.17 bits per heavy atom. The number of imidazole rings is 2. The third-order valence-corrected chi connectivity index (χ3v) is 11.0. The van der Waals surface area contributed by atoms with Gasteiger partial charge in [0.2, 0.25) is 5.91 Å². The summed E-state index contributed by atoms with van der Waals surface area (Å²) in [6.07, 6.45) is 8.01. The second-order valence-electron chi connectivity index (χ2n) is 14.5. The number of carbonyl (C=O) groups excluding carboxylic acids is 1. The fourth-order valence-electron chi connectivity index (χ4n) is 7.41. The number of benzene rings is 3. The van der Waals surface area contributed by atoms with Gasteiger partial charge < -0.3 is 20.2 Å². The van der Waals surface area contributed by atoms with Gasteiger partial charge in [-0.05, 0) is 76.6 Å². The Kier molecular flexibility index (Phi) is 7.25. The van der Waals surface area contributed by atoms with Crippen molar-refractivity contribution in [3.63, 3.8) is 0 Å². The zero-order valence-electron chi connectivity index (χ0n) is 27.3. The highest BCUT2D eigenvalue weighted by molar-refractivity contribution is 5.90. The molecule has 1 spiro atoms. The SMILES string of the molecule is CC(C)C(C)C(=O)N1CC2(CC2)CC1c1ncc(-c2ccc3cc(-c4ccc(-c5cnc(C6CC(C#N)CN6)[nH]5)cc4)ccc3c2)[nH]1. The molecule has 0 bridgehead atoms. The zero-order chi connectivity index (χ0) is 32.3. The number of aromatic nitrogens is 4. The van der Waals surface area contributed by atoms with Crippen LogP contribution in [0.2, 0.25) is 0 Å². The maximum absolute atomic E-state index is 13.5. The van der Waals surface area contributed by atoms with E-state index < -0.39 is 0 Å². The van der Waals surface area contributed by atoms with Gasteiger partial charge in [0.15, 0.2) is 0 Å². The van der Waals surface area contributed by atoms with Crippen LogP contribution in [0.1, 0.15) is 70.2 Å². The Morgan fingerprint density at radius 2 is 1.49 bits per heavy atom. The number of hydrogen-bond acceptors (Lipinski definition) is 5. The number of carbonyl (C=O) groups is 1. The van der Waals surface area contributed by atoms with Crippen LogP contribution in [0.15, 0.2) is 73.1 Å². The van der Waals surface area contributed by atoms with Crippen molar-refractivity contribution in [2.24, 2.45) is 23.2 Å². The number of amides is 1. The summed E-state index contributed by atoms with van der Waals surface area (Å²) in [5.74, 6) is 2.42. The maximum atomic E-state index is 13.5. The number of aromatic amines is 2. The van der Waals surface area contributed by atoms with Crippen molar-refractivity contribution in [1.82, 2.24) is 30.2 Å². The summed E-state index contributed by atoms with van der Waals surface area (Å²) in [6, 6.07) is 24.2. The van der Waals surface area contributed by atoms with Gasteiger partial charge >= 0.3 is 0 Å². The third-order valence-electron chi connectivity index (χ3n) is 11.0. The highest BCUT2D eigenvalue weighted by atomic mass is 16.2. The molecule has 4 unspecified atom stereocenters. The molecule has 1 amide bonds. The molecule has 238 valence electrons. The van der Waals surface area contributed by atoms with E-state index in [1.807, 2.05) is 12.4 Å². The van der Waals surface area contributed by atoms with Gasteiger partial charge in [-0.2, -0.15) is 5.26 Å². The number of likely N-dealkylation sites (tertiary alicyclic amines) is 1. The average Bonchev–Trinajstić information content (AvgIpc) is 3.62. The molecule has 3 aliphatic rings. The first kappa shape index (κ1) is 29.6. The first-order chi connectivity index (χ1) is 22.8. The van der Waals surface area contributed by atoms with Gasteiger partial charge in [-0.25, -0.2) is 9.97 Å². The molecule has 5 aromatic rings. The Morgan fingerprint density at radius 1 is 0.872 bits per heavy atom. The summed E-state index contributed by atoms with van der Waals surface area (Å²) in [6.45, 7) is 7.89. The van der Waals surface area contributed by atoms with Gasteiger partial charge in [0.05, 0.1) is 47.9 Å². The topological polar surface area (TPSA) is 113 Å². The van der Waals surface area contributed by atoms with Gasteiger partial charge in [0, 0.05) is 24.6 Å². The minimum Gasteiger partial charge on any atom is -0.341 e. The van der Waals surface area contributed by atoms with Gasteiger partial charge in [-0.3, -0.25) is 4.79 Å². The van der Waals surface area contributed by atoms with Crippen LogP contribution >= 0.6 is 0 Å². The standard InChI is InChI=1S/C39H41N7O/c1-23(2)24(3)38(47)46-22-39(12-13-39)17-35(46)37-43-21-34(45-37)31-11-10-29-15-28(8-9-30(29)16-31)26-4-6-27(7-5-26)33-20-42-36(44-33)32-14-25(18-40)19-41-32/h4-11,15-16,20-21,23-25,32,35,41H,12-14,17,19,22H2,1-3H3,(H,42,44)(H,43,45). The number of H-pyrrole nitrogens is 2. The lowest BCUT2D eigenvalue weighted by atomic mass is 9.96. The van der Waals surface area contributed by atoms with E-state index in [2.05, 4.69) is 113 Å². The predicted molar refractivity (Wildman–Crippen MR) is 184 cm³/mol. The monoisotopic (exact) mass is 623 g/mol. The van der Waals surface area contributed by atoms with Crippen molar-refractivity contribution in [3.8, 4) is 39.7 Å². The number of nitriles is 1. The smallest absolute Gasteiger partial charge is 0.226 e. The van der Waals surface area contributed by atoms with Crippen LogP contribution in [0.4, 0.5) is 0 Å². The molecule has 1 saturated carbocycles. The first-order valence-corrected chi connectivity index (χ1v) is 17.0. The van der Waals surface area contributed by atoms with Crippen LogP contribution in [0.25, 0.3) is 44.4 Å². The van der Waals surface area contributed by atoms with Crippen LogP contribution < -0.4 is 5.32 Å². The molecule has 4 atom stereocenters. The van der Waals surface area contributed by atoms with E-state index in [-0.39, 0.29) is 29.8 Å². The molecule has 3 fully saturated rings. The molecule has 2 aliphatic heterocycles. The van der Waals surface area contributed by atoms with Crippen molar-refractivity contribution in [2.45, 2.75) is 58.5 Å². The number of rotatable bonds is 7. The van der Waals surface area contributed by atoms with Gasteiger partial charge in [-0.1, -0.05) is 69.3 Å². The molecule has 3 aromatic carbocycles. The molecule has 8 nitrogen and oxygen atoms in total. The van der Waals surface area contributed by atoms with E-state index in [4.69, 9.17) is 4.98 Å². The molecular formula is C39H41N7O. The molecule has 0 radical (unpaired) electrons. The highest BCUT2D eigenvalue weighted by Gasteiger charge is 2.54. The number of nitrogens with one attached hydrogen (secondary N) is 3. The van der Waals surface area contributed by atoms with Crippen molar-refractivity contribution >= 4 is 16.7 Å². The maximum Gasteiger partial charge on any atom is 0.226 e. The third kappa shape index (κ3) is 5.53. The summed E-state index contributed by atoms with van der Waals surface area (Å²) in [4.78, 5) is 32.0. The Bertz CT molecular complexity index is 1990. The minimum atomic E-state index is 0.00720. The Labute approximate surface area is 275 Å². The van der Waals surface area contributed by atoms with Crippen molar-refractivity contribution < 1.29 is 4.79 Å². The Balaban J connectivity index is 0.985. The lowest BCUT2D eigenvalue weighted by Crippen LogP contribution is -2.37. The van der Waals surface area contributed by atoms with Gasteiger partial charge in [0.25, 0.3) is 0 Å². The fraction of sp³-hybridized carbons (Fsp3) is 0.385. The molecule has 8 heteroatoms. The van der Waals surface area contributed by atoms with E-state index in [1.54, 1.807) is 0 Å². The largest absolute Gasteiger partial charge is 0.341 e. The number of fused-ring (bicyclic) bond motifs is 1. The molecule has 4 heterocycles. The minimum absolute atomic E-state index is 0.00720. The second-order valence-corrected chi connectivity index (χ2v) is 14.5. The highest BCUT2D eigenvalue weighted by Crippen LogP contribution is 2.58. The lowest BCUT2D eigenvalue weighted by Gasteiger charge is -2.28. The van der Waals surface area contributed by atoms with Crippen molar-refractivity contribution in [2.75, 3.05) is 13.1 Å². The predicted octanol–water partition coefficient (Wildman–Crippen LogP) is 7.81. The summed E-state index contributed by atoms with van der Waals surface area (Å²) < 4.78 is 0. The van der Waals surface area contributed by atoms with E-state index in [1.165, 1.54) is 29.2 Å². The average molecular weight is 624 g/mol. The fourth-order valence-corrected chi connectivity index (χ4v) is 7.41. The molecule has 47 heavy (non-hydrogen) atoms. The lowest BCUT2D eigenvalue weighted by molar-refractivity contribution is -0.137. The molecule has 2 aromatic heterocycles. The normalized spacial score (nSPS) is 22.3. The zero-order valence-corrected chi connectivity index (χ0v) is 27.3. The summed E-state index contributed by atoms with van der Waals surface area (Å²) in [5.41, 5.74) is 6.75. The van der Waals surface area contributed by atoms with E-state index in [9.17, 15) is 10.1 Å². The van der Waals surface area contributed by atoms with Crippen LogP contribution in [0.3, 0.4) is 0 Å². The van der Waals surface area contributed by atoms with E-state index in [0.29, 0.717) is 17.9 Å². The molecular weight excluding hydrogens is 582 g/mol. The number of hydrogen-bond donors (Lipinski definition) is 3. The quantitative estimate of drug-likeness (QED) is 0.171. The van der Waals surface area contributed by atoms with Crippen LogP contribution in [-0.4, -0.2) is 43.8 Å². The number of nitrogens with zero attached hydrogens (tertiary/aromatic N) is 4. The molecule has 2 saturated heterocycles. The van der Waals surface area contributed by atoms with Crippen LogP contribution in [-0.2, 0) is 4.79 Å². The van der Waals surface area contributed by atoms with Gasteiger partial charge in [0.1, 0.15) is 11.6 Å². The van der Waals surface area contributed by atoms with E-state index in [0.717, 1.165) is 59.1 Å².